The molecule has 26 heavy (non-hydrogen) atoms. The van der Waals surface area contributed by atoms with Gasteiger partial charge >= 0.3 is 0 Å². The van der Waals surface area contributed by atoms with Crippen LogP contribution < -0.4 is 5.32 Å². The van der Waals surface area contributed by atoms with Gasteiger partial charge in [0, 0.05) is 36.7 Å². The maximum atomic E-state index is 12.9. The molecule has 1 aliphatic rings. The van der Waals surface area contributed by atoms with Gasteiger partial charge in [0.1, 0.15) is 5.82 Å². The highest BCUT2D eigenvalue weighted by molar-refractivity contribution is 5.92. The second kappa shape index (κ2) is 7.01. The Balaban J connectivity index is 1.28. The van der Waals surface area contributed by atoms with Gasteiger partial charge in [-0.1, -0.05) is 5.16 Å². The highest BCUT2D eigenvalue weighted by Gasteiger charge is 2.33. The lowest BCUT2D eigenvalue weighted by molar-refractivity contribution is -0.118. The molecule has 1 amide bonds. The first kappa shape index (κ1) is 16.3. The largest absolute Gasteiger partial charge is 0.339 e. The van der Waals surface area contributed by atoms with Crippen LogP contribution in [-0.2, 0) is 4.79 Å². The molecule has 1 aliphatic heterocycles. The maximum absolute atomic E-state index is 12.9. The molecule has 0 saturated carbocycles. The number of aromatic nitrogens is 3. The fraction of sp³-hybridized carbons (Fsp3) is 0.222. The van der Waals surface area contributed by atoms with E-state index in [9.17, 15) is 9.18 Å². The zero-order chi connectivity index (χ0) is 17.9. The molecule has 8 heteroatoms. The van der Waals surface area contributed by atoms with E-state index in [0.717, 1.165) is 5.56 Å². The van der Waals surface area contributed by atoms with Gasteiger partial charge < -0.3 is 9.84 Å². The number of pyridine rings is 1. The van der Waals surface area contributed by atoms with Crippen LogP contribution in [0.2, 0.25) is 0 Å². The average molecular weight is 353 g/mol. The number of hydrogen-bond acceptors (Lipinski definition) is 6. The predicted molar refractivity (Wildman–Crippen MR) is 91.7 cm³/mol. The minimum absolute atomic E-state index is 0.117. The Hall–Kier alpha value is -3.13. The van der Waals surface area contributed by atoms with Crippen molar-refractivity contribution in [3.63, 3.8) is 0 Å². The van der Waals surface area contributed by atoms with Crippen molar-refractivity contribution in [3.8, 4) is 11.4 Å². The summed E-state index contributed by atoms with van der Waals surface area (Å²) in [5.74, 6) is 0.724. The van der Waals surface area contributed by atoms with Crippen LogP contribution in [0, 0.1) is 5.82 Å². The number of benzene rings is 1. The Morgan fingerprint density at radius 2 is 2.08 bits per heavy atom. The molecule has 0 spiro atoms. The number of rotatable bonds is 5. The first-order valence-electron chi connectivity index (χ1n) is 8.19. The molecule has 1 aromatic carbocycles. The number of anilines is 1. The smallest absolute Gasteiger partial charge is 0.238 e. The van der Waals surface area contributed by atoms with E-state index in [4.69, 9.17) is 4.52 Å². The van der Waals surface area contributed by atoms with E-state index in [1.54, 1.807) is 12.4 Å². The summed E-state index contributed by atoms with van der Waals surface area (Å²) in [6.07, 6.45) is 3.37. The van der Waals surface area contributed by atoms with E-state index >= 15 is 0 Å². The third-order valence-electron chi connectivity index (χ3n) is 4.16. The van der Waals surface area contributed by atoms with Gasteiger partial charge in [0.25, 0.3) is 0 Å². The number of carbonyl (C=O) groups excluding carboxylic acids is 1. The van der Waals surface area contributed by atoms with Crippen LogP contribution in [0.3, 0.4) is 0 Å². The van der Waals surface area contributed by atoms with Crippen LogP contribution in [0.5, 0.6) is 0 Å². The molecule has 0 radical (unpaired) electrons. The first-order valence-corrected chi connectivity index (χ1v) is 8.19. The Bertz CT molecular complexity index is 891. The van der Waals surface area contributed by atoms with Gasteiger partial charge in [-0.15, -0.1) is 0 Å². The molecular weight excluding hydrogens is 337 g/mol. The molecule has 4 rings (SSSR count). The molecular formula is C18H16FN5O2. The fourth-order valence-electron chi connectivity index (χ4n) is 2.81. The van der Waals surface area contributed by atoms with E-state index in [1.165, 1.54) is 24.3 Å². The molecule has 1 fully saturated rings. The molecule has 7 nitrogen and oxygen atoms in total. The summed E-state index contributed by atoms with van der Waals surface area (Å²) in [5, 5.41) is 6.73. The van der Waals surface area contributed by atoms with Gasteiger partial charge in [0.05, 0.1) is 12.5 Å². The molecule has 2 aromatic heterocycles. The SMILES string of the molecule is O=C(CN1CC(c2nc(-c3cccnc3)no2)C1)Nc1ccc(F)cc1. The van der Waals surface area contributed by atoms with Crippen LogP contribution in [0.4, 0.5) is 10.1 Å². The second-order valence-electron chi connectivity index (χ2n) is 6.14. The summed E-state index contributed by atoms with van der Waals surface area (Å²) in [6.45, 7) is 1.61. The standard InChI is InChI=1S/C18H16FN5O2/c19-14-3-5-15(6-4-14)21-16(25)11-24-9-13(10-24)18-22-17(23-26-18)12-2-1-7-20-8-12/h1-8,13H,9-11H2,(H,21,25). The molecule has 0 aliphatic carbocycles. The van der Waals surface area contributed by atoms with Crippen molar-refractivity contribution in [2.75, 3.05) is 25.0 Å². The van der Waals surface area contributed by atoms with Gasteiger partial charge in [0.15, 0.2) is 0 Å². The molecule has 3 aromatic rings. The summed E-state index contributed by atoms with van der Waals surface area (Å²) >= 11 is 0. The van der Waals surface area contributed by atoms with E-state index in [1.807, 2.05) is 17.0 Å². The lowest BCUT2D eigenvalue weighted by atomic mass is 10.0. The minimum Gasteiger partial charge on any atom is -0.339 e. The third-order valence-corrected chi connectivity index (χ3v) is 4.16. The number of nitrogens with one attached hydrogen (secondary N) is 1. The molecule has 0 atom stereocenters. The Morgan fingerprint density at radius 1 is 1.27 bits per heavy atom. The van der Waals surface area contributed by atoms with Crippen molar-refractivity contribution in [2.24, 2.45) is 0 Å². The fourth-order valence-corrected chi connectivity index (χ4v) is 2.81. The summed E-state index contributed by atoms with van der Waals surface area (Å²) in [5.41, 5.74) is 1.38. The van der Waals surface area contributed by atoms with Gasteiger partial charge in [0.2, 0.25) is 17.6 Å². The normalized spacial score (nSPS) is 14.8. The number of nitrogens with zero attached hydrogens (tertiary/aromatic N) is 4. The monoisotopic (exact) mass is 353 g/mol. The highest BCUT2D eigenvalue weighted by Crippen LogP contribution is 2.27. The lowest BCUT2D eigenvalue weighted by Gasteiger charge is -2.36. The summed E-state index contributed by atoms with van der Waals surface area (Å²) in [4.78, 5) is 22.5. The molecule has 1 N–H and O–H groups in total. The van der Waals surface area contributed by atoms with Gasteiger partial charge in [-0.05, 0) is 36.4 Å². The van der Waals surface area contributed by atoms with Crippen molar-refractivity contribution < 1.29 is 13.7 Å². The van der Waals surface area contributed by atoms with Crippen molar-refractivity contribution in [2.45, 2.75) is 5.92 Å². The van der Waals surface area contributed by atoms with Crippen LogP contribution in [0.15, 0.2) is 53.3 Å². The number of amides is 1. The average Bonchev–Trinajstić information content (AvgIpc) is 3.10. The first-order chi connectivity index (χ1) is 12.7. The Labute approximate surface area is 148 Å². The third kappa shape index (κ3) is 3.60. The Kier molecular flexibility index (Phi) is 4.40. The van der Waals surface area contributed by atoms with Crippen LogP contribution >= 0.6 is 0 Å². The lowest BCUT2D eigenvalue weighted by Crippen LogP contribution is -2.48. The van der Waals surface area contributed by atoms with Gasteiger partial charge in [-0.25, -0.2) is 4.39 Å². The predicted octanol–water partition coefficient (Wildman–Crippen LogP) is 2.31. The van der Waals surface area contributed by atoms with Gasteiger partial charge in [-0.3, -0.25) is 14.7 Å². The minimum atomic E-state index is -0.334. The molecule has 1 saturated heterocycles. The summed E-state index contributed by atoms with van der Waals surface area (Å²) < 4.78 is 18.2. The van der Waals surface area contributed by atoms with Crippen molar-refractivity contribution in [1.82, 2.24) is 20.0 Å². The zero-order valence-electron chi connectivity index (χ0n) is 13.8. The molecule has 132 valence electrons. The zero-order valence-corrected chi connectivity index (χ0v) is 13.8. The molecule has 0 unspecified atom stereocenters. The van der Waals surface area contributed by atoms with Gasteiger partial charge in [-0.2, -0.15) is 4.98 Å². The maximum Gasteiger partial charge on any atom is 0.238 e. The number of carbonyl (C=O) groups is 1. The quantitative estimate of drug-likeness (QED) is 0.758. The van der Waals surface area contributed by atoms with E-state index in [2.05, 4.69) is 20.4 Å². The summed E-state index contributed by atoms with van der Waals surface area (Å²) in [6, 6.07) is 9.37. The van der Waals surface area contributed by atoms with E-state index < -0.39 is 0 Å². The highest BCUT2D eigenvalue weighted by atomic mass is 19.1. The van der Waals surface area contributed by atoms with Crippen LogP contribution in [0.1, 0.15) is 11.8 Å². The molecule has 0 bridgehead atoms. The van der Waals surface area contributed by atoms with Crippen molar-refractivity contribution in [1.29, 1.82) is 0 Å². The van der Waals surface area contributed by atoms with E-state index in [-0.39, 0.29) is 24.2 Å². The Morgan fingerprint density at radius 3 is 2.81 bits per heavy atom. The topological polar surface area (TPSA) is 84.2 Å². The molecule has 3 heterocycles. The van der Waals surface area contributed by atoms with E-state index in [0.29, 0.717) is 30.5 Å². The van der Waals surface area contributed by atoms with Crippen LogP contribution in [-0.4, -0.2) is 45.6 Å². The number of hydrogen-bond donors (Lipinski definition) is 1. The summed E-state index contributed by atoms with van der Waals surface area (Å²) in [7, 11) is 0. The van der Waals surface area contributed by atoms with Crippen molar-refractivity contribution >= 4 is 11.6 Å². The number of halogens is 1. The number of likely N-dealkylation sites (tertiary alicyclic amines) is 1. The van der Waals surface area contributed by atoms with Crippen molar-refractivity contribution in [3.05, 3.63) is 60.5 Å². The second-order valence-corrected chi connectivity index (χ2v) is 6.14. The van der Waals surface area contributed by atoms with Crippen LogP contribution in [0.25, 0.3) is 11.4 Å².